The number of aliphatic hydroxyl groups is 1. The zero-order chi connectivity index (χ0) is 10.8. The van der Waals surface area contributed by atoms with Crippen LogP contribution in [0.4, 0.5) is 0 Å². The topological polar surface area (TPSA) is 48.9 Å². The maximum atomic E-state index is 9.05. The Bertz CT molecular complexity index is 479. The zero-order valence-electron chi connectivity index (χ0n) is 8.29. The highest BCUT2D eigenvalue weighted by Gasteiger charge is 2.09. The summed E-state index contributed by atoms with van der Waals surface area (Å²) < 4.78 is 0.670. The maximum absolute atomic E-state index is 9.05. The fourth-order valence-corrected chi connectivity index (χ4v) is 1.86. The van der Waals surface area contributed by atoms with Crippen LogP contribution in [0.25, 0.3) is 11.4 Å². The molecule has 0 atom stereocenters. The summed E-state index contributed by atoms with van der Waals surface area (Å²) in [5.74, 6) is 0.782. The smallest absolute Gasteiger partial charge is 0.139 e. The molecule has 0 fully saturated rings. The van der Waals surface area contributed by atoms with Crippen molar-refractivity contribution < 1.29 is 5.11 Å². The van der Waals surface area contributed by atoms with E-state index in [0.29, 0.717) is 10.3 Å². The summed E-state index contributed by atoms with van der Waals surface area (Å²) in [6.45, 7) is 1.99. The highest BCUT2D eigenvalue weighted by molar-refractivity contribution is 9.10. The molecule has 2 aromatic rings. The number of hydrogen-bond donors (Lipinski definition) is 2. The van der Waals surface area contributed by atoms with Crippen molar-refractivity contribution >= 4 is 15.9 Å². The Morgan fingerprint density at radius 2 is 2.13 bits per heavy atom. The number of aromatic nitrogens is 2. The van der Waals surface area contributed by atoms with E-state index in [-0.39, 0.29) is 6.61 Å². The first-order valence-electron chi connectivity index (χ1n) is 4.63. The quantitative estimate of drug-likeness (QED) is 0.878. The van der Waals surface area contributed by atoms with Crippen LogP contribution in [0.3, 0.4) is 0 Å². The highest BCUT2D eigenvalue weighted by atomic mass is 79.9. The lowest BCUT2D eigenvalue weighted by Gasteiger charge is -2.00. The Morgan fingerprint density at radius 1 is 1.40 bits per heavy atom. The van der Waals surface area contributed by atoms with Gasteiger partial charge in [-0.2, -0.15) is 0 Å². The number of aliphatic hydroxyl groups excluding tert-OH is 1. The molecule has 0 spiro atoms. The van der Waals surface area contributed by atoms with Gasteiger partial charge in [-0.25, -0.2) is 4.98 Å². The second-order valence-electron chi connectivity index (χ2n) is 3.33. The Kier molecular flexibility index (Phi) is 2.88. The van der Waals surface area contributed by atoms with Crippen molar-refractivity contribution in [2.45, 2.75) is 13.5 Å². The molecular weight excluding hydrogens is 256 g/mol. The van der Waals surface area contributed by atoms with Crippen LogP contribution < -0.4 is 0 Å². The Hall–Kier alpha value is -1.13. The predicted octanol–water partition coefficient (Wildman–Crippen LogP) is 2.64. The molecule has 0 saturated carbocycles. The molecule has 1 aromatic heterocycles. The number of H-pyrrole nitrogens is 1. The van der Waals surface area contributed by atoms with E-state index < -0.39 is 0 Å². The third kappa shape index (κ3) is 1.96. The second-order valence-corrected chi connectivity index (χ2v) is 4.08. The van der Waals surface area contributed by atoms with Crippen LogP contribution >= 0.6 is 15.9 Å². The largest absolute Gasteiger partial charge is 0.390 e. The van der Waals surface area contributed by atoms with Crippen molar-refractivity contribution in [1.29, 1.82) is 0 Å². The van der Waals surface area contributed by atoms with Gasteiger partial charge in [0, 0.05) is 5.56 Å². The lowest BCUT2D eigenvalue weighted by molar-refractivity contribution is 0.276. The maximum Gasteiger partial charge on any atom is 0.139 e. The van der Waals surface area contributed by atoms with E-state index in [1.54, 1.807) is 0 Å². The first-order chi connectivity index (χ1) is 7.22. The summed E-state index contributed by atoms with van der Waals surface area (Å²) in [5, 5.41) is 9.05. The Labute approximate surface area is 96.3 Å². The molecule has 0 aliphatic rings. The first-order valence-corrected chi connectivity index (χ1v) is 5.43. The second kappa shape index (κ2) is 4.16. The monoisotopic (exact) mass is 266 g/mol. The van der Waals surface area contributed by atoms with Gasteiger partial charge >= 0.3 is 0 Å². The van der Waals surface area contributed by atoms with Gasteiger partial charge in [0.15, 0.2) is 0 Å². The van der Waals surface area contributed by atoms with Crippen molar-refractivity contribution in [3.63, 3.8) is 0 Å². The summed E-state index contributed by atoms with van der Waals surface area (Å²) in [7, 11) is 0. The minimum Gasteiger partial charge on any atom is -0.390 e. The number of hydrogen-bond acceptors (Lipinski definition) is 2. The van der Waals surface area contributed by atoms with Gasteiger partial charge in [-0.3, -0.25) is 0 Å². The summed E-state index contributed by atoms with van der Waals surface area (Å²) in [4.78, 5) is 7.39. The molecule has 0 saturated heterocycles. The van der Waals surface area contributed by atoms with Gasteiger partial charge in [0.25, 0.3) is 0 Å². The molecule has 0 amide bonds. The number of aromatic amines is 1. The standard InChI is InChI=1S/C11H11BrN2O/c1-7-4-2-3-5-8(7)11-13-9(6-15)10(12)14-11/h2-5,15H,6H2,1H3,(H,13,14). The van der Waals surface area contributed by atoms with Gasteiger partial charge < -0.3 is 10.1 Å². The SMILES string of the molecule is Cc1ccccc1-c1nc(Br)c(CO)[nH]1. The normalized spacial score (nSPS) is 10.6. The molecule has 0 aliphatic heterocycles. The molecule has 15 heavy (non-hydrogen) atoms. The summed E-state index contributed by atoms with van der Waals surface area (Å²) in [6.07, 6.45) is 0. The molecule has 2 N–H and O–H groups in total. The fraction of sp³-hybridized carbons (Fsp3) is 0.182. The number of imidazole rings is 1. The fourth-order valence-electron chi connectivity index (χ4n) is 1.46. The lowest BCUT2D eigenvalue weighted by atomic mass is 10.1. The van der Waals surface area contributed by atoms with Crippen LogP contribution in [0.15, 0.2) is 28.9 Å². The van der Waals surface area contributed by atoms with Gasteiger partial charge in [0.05, 0.1) is 12.3 Å². The zero-order valence-corrected chi connectivity index (χ0v) is 9.87. The van der Waals surface area contributed by atoms with Crippen LogP contribution in [0, 0.1) is 6.92 Å². The van der Waals surface area contributed by atoms with E-state index in [1.165, 1.54) is 0 Å². The first kappa shape index (κ1) is 10.4. The predicted molar refractivity (Wildman–Crippen MR) is 62.4 cm³/mol. The van der Waals surface area contributed by atoms with Gasteiger partial charge in [-0.1, -0.05) is 24.3 Å². The van der Waals surface area contributed by atoms with Crippen molar-refractivity contribution in [3.05, 3.63) is 40.1 Å². The third-order valence-electron chi connectivity index (χ3n) is 2.29. The van der Waals surface area contributed by atoms with Crippen LogP contribution in [0.5, 0.6) is 0 Å². The van der Waals surface area contributed by atoms with Crippen molar-refractivity contribution in [3.8, 4) is 11.4 Å². The van der Waals surface area contributed by atoms with Crippen molar-refractivity contribution in [2.24, 2.45) is 0 Å². The molecule has 1 heterocycles. The minimum atomic E-state index is -0.0422. The lowest BCUT2D eigenvalue weighted by Crippen LogP contribution is -1.86. The molecule has 0 radical (unpaired) electrons. The van der Waals surface area contributed by atoms with Crippen LogP contribution in [0.2, 0.25) is 0 Å². The molecule has 0 unspecified atom stereocenters. The van der Waals surface area contributed by atoms with E-state index in [9.17, 15) is 0 Å². The molecule has 2 rings (SSSR count). The number of benzene rings is 1. The third-order valence-corrected chi connectivity index (χ3v) is 2.94. The average Bonchev–Trinajstić information content (AvgIpc) is 2.60. The van der Waals surface area contributed by atoms with Gasteiger partial charge in [-0.15, -0.1) is 0 Å². The van der Waals surface area contributed by atoms with Crippen molar-refractivity contribution in [2.75, 3.05) is 0 Å². The molecule has 0 bridgehead atoms. The number of halogens is 1. The summed E-state index contributed by atoms with van der Waals surface area (Å²) in [5.41, 5.74) is 2.91. The summed E-state index contributed by atoms with van der Waals surface area (Å²) >= 11 is 3.30. The number of nitrogens with zero attached hydrogens (tertiary/aromatic N) is 1. The van der Waals surface area contributed by atoms with E-state index in [2.05, 4.69) is 25.9 Å². The van der Waals surface area contributed by atoms with E-state index in [1.807, 2.05) is 31.2 Å². The number of nitrogens with one attached hydrogen (secondary N) is 1. The van der Waals surface area contributed by atoms with Crippen LogP contribution in [-0.4, -0.2) is 15.1 Å². The Balaban J connectivity index is 2.50. The molecule has 4 heteroatoms. The molecular formula is C11H11BrN2O. The van der Waals surface area contributed by atoms with Crippen LogP contribution in [0.1, 0.15) is 11.3 Å². The molecule has 1 aromatic carbocycles. The number of aryl methyl sites for hydroxylation is 1. The van der Waals surface area contributed by atoms with E-state index >= 15 is 0 Å². The van der Waals surface area contributed by atoms with Gasteiger partial charge in [-0.05, 0) is 28.4 Å². The van der Waals surface area contributed by atoms with Gasteiger partial charge in [0.1, 0.15) is 10.4 Å². The summed E-state index contributed by atoms with van der Waals surface area (Å²) in [6, 6.07) is 7.99. The van der Waals surface area contributed by atoms with E-state index in [0.717, 1.165) is 17.0 Å². The minimum absolute atomic E-state index is 0.0422. The molecule has 3 nitrogen and oxygen atoms in total. The molecule has 0 aliphatic carbocycles. The van der Waals surface area contributed by atoms with Crippen molar-refractivity contribution in [1.82, 2.24) is 9.97 Å². The van der Waals surface area contributed by atoms with Gasteiger partial charge in [0.2, 0.25) is 0 Å². The number of rotatable bonds is 2. The van der Waals surface area contributed by atoms with E-state index in [4.69, 9.17) is 5.11 Å². The van der Waals surface area contributed by atoms with Crippen LogP contribution in [-0.2, 0) is 6.61 Å². The highest BCUT2D eigenvalue weighted by Crippen LogP contribution is 2.24. The Morgan fingerprint density at radius 3 is 2.73 bits per heavy atom. The average molecular weight is 267 g/mol. The molecule has 78 valence electrons.